The summed E-state index contributed by atoms with van der Waals surface area (Å²) in [6.07, 6.45) is 1.37. The zero-order chi connectivity index (χ0) is 17.6. The summed E-state index contributed by atoms with van der Waals surface area (Å²) in [5, 5.41) is 36.5. The Morgan fingerprint density at radius 1 is 1.48 bits per heavy atom. The number of rotatable bonds is 5. The lowest BCUT2D eigenvalue weighted by Crippen LogP contribution is -2.36. The topological polar surface area (TPSA) is 146 Å². The number of aromatic nitrogens is 4. The van der Waals surface area contributed by atoms with Crippen LogP contribution < -0.4 is 10.2 Å². The predicted molar refractivity (Wildman–Crippen MR) is 87.5 cm³/mol. The number of hydrogen-bond donors (Lipinski definition) is 2. The molecule has 0 amide bonds. The first kappa shape index (κ1) is 16.3. The number of ether oxygens (including phenoxy) is 1. The number of tetrazole rings is 1. The molecule has 1 aromatic carbocycles. The first-order chi connectivity index (χ1) is 12.2. The second-order valence-corrected chi connectivity index (χ2v) is 5.11. The third-order valence-electron chi connectivity index (χ3n) is 3.61. The fraction of sp³-hybridized carbons (Fsp3) is 0.286. The van der Waals surface area contributed by atoms with Crippen LogP contribution in [0.3, 0.4) is 0 Å². The third kappa shape index (κ3) is 3.70. The van der Waals surface area contributed by atoms with Crippen LogP contribution in [0.5, 0.6) is 0 Å². The van der Waals surface area contributed by atoms with Gasteiger partial charge in [0.2, 0.25) is 5.82 Å². The molecule has 1 aliphatic rings. The number of benzene rings is 1. The number of nitro groups is 1. The molecule has 1 fully saturated rings. The predicted octanol–water partition coefficient (Wildman–Crippen LogP) is 0.921. The van der Waals surface area contributed by atoms with Crippen LogP contribution in [0.2, 0.25) is 0 Å². The van der Waals surface area contributed by atoms with Crippen molar-refractivity contribution in [2.24, 2.45) is 0 Å². The van der Waals surface area contributed by atoms with Gasteiger partial charge in [-0.25, -0.2) is 0 Å². The van der Waals surface area contributed by atoms with Gasteiger partial charge in [-0.15, -0.1) is 10.2 Å². The molecule has 3 rings (SSSR count). The van der Waals surface area contributed by atoms with Crippen LogP contribution in [0.4, 0.5) is 17.1 Å². The minimum absolute atomic E-state index is 0.0154. The molecule has 128 valence electrons. The number of aromatic amines is 1. The van der Waals surface area contributed by atoms with E-state index in [4.69, 9.17) is 10.00 Å². The molecule has 25 heavy (non-hydrogen) atoms. The highest BCUT2D eigenvalue weighted by molar-refractivity contribution is 5.75. The number of hydrogen-bond acceptors (Lipinski definition) is 9. The van der Waals surface area contributed by atoms with Crippen LogP contribution in [0, 0.1) is 21.4 Å². The maximum atomic E-state index is 11.4. The SMILES string of the molecule is N#CC(=CNc1ccc(N2CCOCC2)c([N+](=O)[O-])c1)c1nn[nH]n1. The fourth-order valence-corrected chi connectivity index (χ4v) is 2.41. The van der Waals surface area contributed by atoms with Crippen molar-refractivity contribution in [1.82, 2.24) is 20.6 Å². The molecule has 0 bridgehead atoms. The average Bonchev–Trinajstić information content (AvgIpc) is 3.17. The molecular weight excluding hydrogens is 328 g/mol. The normalized spacial score (nSPS) is 14.8. The highest BCUT2D eigenvalue weighted by Crippen LogP contribution is 2.31. The smallest absolute Gasteiger partial charge is 0.294 e. The standard InChI is InChI=1S/C14H14N8O3/c15-8-10(14-17-19-20-18-14)9-16-11-1-2-12(13(7-11)22(23)24)21-3-5-25-6-4-21/h1-2,7,9,16H,3-6H2,(H,17,18,19,20). The first-order valence-electron chi connectivity index (χ1n) is 7.41. The molecule has 0 unspecified atom stereocenters. The Morgan fingerprint density at radius 3 is 2.92 bits per heavy atom. The van der Waals surface area contributed by atoms with E-state index in [9.17, 15) is 10.1 Å². The monoisotopic (exact) mass is 342 g/mol. The van der Waals surface area contributed by atoms with E-state index >= 15 is 0 Å². The van der Waals surface area contributed by atoms with Gasteiger partial charge >= 0.3 is 0 Å². The third-order valence-corrected chi connectivity index (χ3v) is 3.61. The highest BCUT2D eigenvalue weighted by atomic mass is 16.6. The number of allylic oxidation sites excluding steroid dienone is 1. The van der Waals surface area contributed by atoms with Gasteiger partial charge in [0.1, 0.15) is 17.3 Å². The van der Waals surface area contributed by atoms with Crippen LogP contribution in [0.1, 0.15) is 5.82 Å². The van der Waals surface area contributed by atoms with Gasteiger partial charge < -0.3 is 15.0 Å². The molecule has 0 spiro atoms. The maximum absolute atomic E-state index is 11.4. The Hall–Kier alpha value is -3.52. The molecule has 11 nitrogen and oxygen atoms in total. The Labute approximate surface area is 142 Å². The summed E-state index contributed by atoms with van der Waals surface area (Å²) in [4.78, 5) is 12.9. The number of anilines is 2. The summed E-state index contributed by atoms with van der Waals surface area (Å²) in [6, 6.07) is 6.74. The summed E-state index contributed by atoms with van der Waals surface area (Å²) in [5.41, 5.74) is 1.15. The summed E-state index contributed by atoms with van der Waals surface area (Å²) in [6.45, 7) is 2.28. The van der Waals surface area contributed by atoms with Gasteiger partial charge in [0, 0.05) is 31.0 Å². The Kier molecular flexibility index (Phi) is 4.82. The quantitative estimate of drug-likeness (QED) is 0.460. The van der Waals surface area contributed by atoms with Gasteiger partial charge in [0.15, 0.2) is 0 Å². The molecule has 1 saturated heterocycles. The average molecular weight is 342 g/mol. The van der Waals surface area contributed by atoms with E-state index in [0.717, 1.165) is 0 Å². The number of morpholine rings is 1. The second kappa shape index (κ2) is 7.37. The molecule has 11 heteroatoms. The zero-order valence-electron chi connectivity index (χ0n) is 13.0. The molecule has 2 heterocycles. The lowest BCUT2D eigenvalue weighted by atomic mass is 10.2. The van der Waals surface area contributed by atoms with Crippen LogP contribution in [0.25, 0.3) is 5.57 Å². The summed E-state index contributed by atoms with van der Waals surface area (Å²) >= 11 is 0. The van der Waals surface area contributed by atoms with Crippen molar-refractivity contribution in [3.05, 3.63) is 40.3 Å². The van der Waals surface area contributed by atoms with E-state index in [2.05, 4.69) is 25.9 Å². The zero-order valence-corrected chi connectivity index (χ0v) is 13.0. The maximum Gasteiger partial charge on any atom is 0.294 e. The van der Waals surface area contributed by atoms with Crippen molar-refractivity contribution in [2.45, 2.75) is 0 Å². The number of nitrogens with zero attached hydrogens (tertiary/aromatic N) is 6. The lowest BCUT2D eigenvalue weighted by molar-refractivity contribution is -0.384. The minimum Gasteiger partial charge on any atom is -0.378 e. The minimum atomic E-state index is -0.427. The fourth-order valence-electron chi connectivity index (χ4n) is 2.41. The Morgan fingerprint density at radius 2 is 2.28 bits per heavy atom. The molecule has 0 atom stereocenters. The van der Waals surface area contributed by atoms with E-state index in [-0.39, 0.29) is 17.1 Å². The van der Waals surface area contributed by atoms with Crippen LogP contribution in [0.15, 0.2) is 24.4 Å². The summed E-state index contributed by atoms with van der Waals surface area (Å²) in [5.74, 6) is 0.134. The van der Waals surface area contributed by atoms with E-state index in [0.29, 0.717) is 37.7 Å². The van der Waals surface area contributed by atoms with Crippen LogP contribution in [-0.2, 0) is 4.74 Å². The molecule has 0 saturated carbocycles. The molecule has 0 radical (unpaired) electrons. The molecule has 2 N–H and O–H groups in total. The number of nitriles is 1. The van der Waals surface area contributed by atoms with Gasteiger partial charge in [-0.2, -0.15) is 10.5 Å². The molecule has 0 aliphatic carbocycles. The van der Waals surface area contributed by atoms with Gasteiger partial charge in [-0.05, 0) is 17.3 Å². The van der Waals surface area contributed by atoms with Gasteiger partial charge in [0.05, 0.1) is 18.1 Å². The second-order valence-electron chi connectivity index (χ2n) is 5.11. The van der Waals surface area contributed by atoms with Crippen molar-refractivity contribution in [1.29, 1.82) is 5.26 Å². The van der Waals surface area contributed by atoms with Crippen molar-refractivity contribution in [2.75, 3.05) is 36.5 Å². The van der Waals surface area contributed by atoms with Crippen LogP contribution >= 0.6 is 0 Å². The highest BCUT2D eigenvalue weighted by Gasteiger charge is 2.21. The van der Waals surface area contributed by atoms with Crippen LogP contribution in [-0.4, -0.2) is 51.9 Å². The first-order valence-corrected chi connectivity index (χ1v) is 7.41. The van der Waals surface area contributed by atoms with Crippen molar-refractivity contribution in [3.8, 4) is 6.07 Å². The van der Waals surface area contributed by atoms with Crippen molar-refractivity contribution >= 4 is 22.6 Å². The molecule has 2 aromatic rings. The van der Waals surface area contributed by atoms with Gasteiger partial charge in [-0.3, -0.25) is 10.1 Å². The van der Waals surface area contributed by atoms with Gasteiger partial charge in [0.25, 0.3) is 5.69 Å². The summed E-state index contributed by atoms with van der Waals surface area (Å²) < 4.78 is 5.28. The Balaban J connectivity index is 1.84. The number of nitrogens with one attached hydrogen (secondary N) is 2. The van der Waals surface area contributed by atoms with Crippen molar-refractivity contribution < 1.29 is 9.66 Å². The Bertz CT molecular complexity index is 821. The van der Waals surface area contributed by atoms with E-state index in [1.54, 1.807) is 12.1 Å². The largest absolute Gasteiger partial charge is 0.378 e. The summed E-state index contributed by atoms with van der Waals surface area (Å²) in [7, 11) is 0. The lowest BCUT2D eigenvalue weighted by Gasteiger charge is -2.28. The van der Waals surface area contributed by atoms with E-state index < -0.39 is 4.92 Å². The molecular formula is C14H14N8O3. The van der Waals surface area contributed by atoms with Gasteiger partial charge in [-0.1, -0.05) is 0 Å². The van der Waals surface area contributed by atoms with E-state index in [1.165, 1.54) is 12.3 Å². The molecule has 1 aliphatic heterocycles. The molecule has 1 aromatic heterocycles. The number of nitro benzene ring substituents is 1. The van der Waals surface area contributed by atoms with Crippen molar-refractivity contribution in [3.63, 3.8) is 0 Å². The number of H-pyrrole nitrogens is 1. The van der Waals surface area contributed by atoms with E-state index in [1.807, 2.05) is 11.0 Å².